The van der Waals surface area contributed by atoms with Crippen LogP contribution in [-0.4, -0.2) is 55.7 Å². The molecule has 0 saturated heterocycles. The van der Waals surface area contributed by atoms with E-state index < -0.39 is 15.8 Å². The van der Waals surface area contributed by atoms with Crippen LogP contribution < -0.4 is 10.0 Å². The summed E-state index contributed by atoms with van der Waals surface area (Å²) >= 11 is 0. The number of fused-ring (bicyclic) bond motifs is 2. The molecule has 14 heteroatoms. The first-order chi connectivity index (χ1) is 22.2. The fraction of sp³-hybridized carbons (Fsp3) is 0.250. The molecule has 5 aromatic heterocycles. The summed E-state index contributed by atoms with van der Waals surface area (Å²) in [7, 11) is -3.45. The van der Waals surface area contributed by atoms with Crippen molar-refractivity contribution in [2.45, 2.75) is 38.6 Å². The zero-order chi connectivity index (χ0) is 31.8. The predicted molar refractivity (Wildman–Crippen MR) is 172 cm³/mol. The summed E-state index contributed by atoms with van der Waals surface area (Å²) in [6, 6.07) is 11.7. The zero-order valence-corrected chi connectivity index (χ0v) is 25.7. The summed E-state index contributed by atoms with van der Waals surface area (Å²) in [5.74, 6) is -0.0430. The third-order valence-electron chi connectivity index (χ3n) is 8.11. The van der Waals surface area contributed by atoms with Gasteiger partial charge in [0.25, 0.3) is 0 Å². The normalized spacial score (nSPS) is 14.2. The average molecular weight is 640 g/mol. The van der Waals surface area contributed by atoms with E-state index in [-0.39, 0.29) is 18.4 Å². The predicted octanol–water partition coefficient (Wildman–Crippen LogP) is 5.33. The molecule has 1 aliphatic carbocycles. The number of hydrogen-bond acceptors (Lipinski definition) is 8. The molecule has 1 saturated carbocycles. The Morgan fingerprint density at radius 1 is 1.02 bits per heavy atom. The number of amides is 1. The van der Waals surface area contributed by atoms with Crippen molar-refractivity contribution in [3.05, 3.63) is 72.4 Å². The Balaban J connectivity index is 1.21. The lowest BCUT2D eigenvalue weighted by atomic mass is 9.88. The van der Waals surface area contributed by atoms with Gasteiger partial charge < -0.3 is 10.3 Å². The van der Waals surface area contributed by atoms with Crippen LogP contribution in [0.4, 0.5) is 10.1 Å². The summed E-state index contributed by atoms with van der Waals surface area (Å²) in [6.45, 7) is -0.0510. The molecule has 1 fully saturated rings. The largest absolute Gasteiger partial charge is 0.335 e. The summed E-state index contributed by atoms with van der Waals surface area (Å²) in [5.41, 5.74) is 6.29. The maximum atomic E-state index is 14.6. The molecule has 1 amide bonds. The number of imidazole rings is 1. The number of benzene rings is 1. The van der Waals surface area contributed by atoms with Gasteiger partial charge in [0, 0.05) is 36.0 Å². The highest BCUT2D eigenvalue weighted by molar-refractivity contribution is 7.88. The van der Waals surface area contributed by atoms with Gasteiger partial charge in [-0.05, 0) is 66.4 Å². The molecule has 0 radical (unpaired) electrons. The third kappa shape index (κ3) is 6.21. The van der Waals surface area contributed by atoms with Crippen molar-refractivity contribution in [1.82, 2.24) is 39.8 Å². The summed E-state index contributed by atoms with van der Waals surface area (Å²) in [5, 5.41) is 10.5. The minimum atomic E-state index is -3.45. The van der Waals surface area contributed by atoms with Gasteiger partial charge in [0.2, 0.25) is 15.9 Å². The first-order valence-electron chi connectivity index (χ1n) is 14.9. The van der Waals surface area contributed by atoms with Crippen LogP contribution in [0.2, 0.25) is 0 Å². The number of pyridine rings is 3. The van der Waals surface area contributed by atoms with Crippen LogP contribution in [0.15, 0.2) is 61.1 Å². The van der Waals surface area contributed by atoms with E-state index in [4.69, 9.17) is 4.98 Å². The SMILES string of the molecule is CS(=O)(=O)NCc1cc(F)cc(-c2ccnc3nc(-c4n[nH]c5ccc(-c6cncc(NC(=O)C7CCCCC7)c6)nc45)[nH]c23)c1. The molecule has 12 nitrogen and oxygen atoms in total. The topological polar surface area (TPSA) is 171 Å². The Labute approximate surface area is 263 Å². The van der Waals surface area contributed by atoms with Crippen LogP contribution in [0.3, 0.4) is 0 Å². The fourth-order valence-corrected chi connectivity index (χ4v) is 6.30. The number of carbonyl (C=O) groups excluding carboxylic acids is 1. The minimum absolute atomic E-state index is 0.0251. The van der Waals surface area contributed by atoms with E-state index in [1.807, 2.05) is 18.2 Å². The monoisotopic (exact) mass is 639 g/mol. The van der Waals surface area contributed by atoms with Gasteiger partial charge in [-0.15, -0.1) is 0 Å². The number of hydrogen-bond donors (Lipinski definition) is 4. The number of aromatic amines is 2. The second-order valence-corrected chi connectivity index (χ2v) is 13.4. The molecule has 1 aromatic carbocycles. The minimum Gasteiger partial charge on any atom is -0.335 e. The first-order valence-corrected chi connectivity index (χ1v) is 16.8. The van der Waals surface area contributed by atoms with Crippen LogP contribution in [-0.2, 0) is 21.4 Å². The van der Waals surface area contributed by atoms with Gasteiger partial charge >= 0.3 is 0 Å². The maximum absolute atomic E-state index is 14.6. The first kappa shape index (κ1) is 29.6. The number of carbonyl (C=O) groups is 1. The number of halogens is 1. The molecule has 1 aliphatic rings. The van der Waals surface area contributed by atoms with E-state index in [1.54, 1.807) is 30.7 Å². The number of nitrogens with one attached hydrogen (secondary N) is 4. The smallest absolute Gasteiger partial charge is 0.227 e. The van der Waals surface area contributed by atoms with Crippen molar-refractivity contribution in [1.29, 1.82) is 0 Å². The molecule has 7 rings (SSSR count). The van der Waals surface area contributed by atoms with E-state index in [9.17, 15) is 17.6 Å². The summed E-state index contributed by atoms with van der Waals surface area (Å²) in [6.07, 6.45) is 11.1. The molecule has 4 N–H and O–H groups in total. The van der Waals surface area contributed by atoms with E-state index in [2.05, 4.69) is 40.2 Å². The van der Waals surface area contributed by atoms with E-state index in [0.717, 1.165) is 37.5 Å². The van der Waals surface area contributed by atoms with Gasteiger partial charge in [-0.3, -0.25) is 14.9 Å². The number of rotatable bonds is 8. The van der Waals surface area contributed by atoms with Gasteiger partial charge in [-0.25, -0.2) is 32.5 Å². The highest BCUT2D eigenvalue weighted by Crippen LogP contribution is 2.32. The van der Waals surface area contributed by atoms with Crippen LogP contribution in [0.5, 0.6) is 0 Å². The Hall–Kier alpha value is -5.08. The maximum Gasteiger partial charge on any atom is 0.227 e. The Kier molecular flexibility index (Phi) is 7.74. The molecule has 0 spiro atoms. The molecular weight excluding hydrogens is 609 g/mol. The highest BCUT2D eigenvalue weighted by Gasteiger charge is 2.22. The number of H-pyrrole nitrogens is 2. The molecule has 0 aliphatic heterocycles. The van der Waals surface area contributed by atoms with Gasteiger partial charge in [0.05, 0.1) is 34.9 Å². The standard InChI is InChI=1S/C32H30FN9O3S/c1-46(44,45)36-15-18-11-20(13-22(33)12-18)24-9-10-35-30-27(24)39-31(40-30)29-28-26(41-42-29)8-7-25(38-28)21-14-23(17-34-16-21)37-32(43)19-5-3-2-4-6-19/h7-14,16-17,19,36H,2-6,15H2,1H3,(H,37,43)(H,41,42)(H,35,39,40). The van der Waals surface area contributed by atoms with Crippen molar-refractivity contribution < 1.29 is 17.6 Å². The molecule has 0 bridgehead atoms. The number of nitrogens with zero attached hydrogens (tertiary/aromatic N) is 5. The quantitative estimate of drug-likeness (QED) is 0.173. The average Bonchev–Trinajstić information content (AvgIpc) is 3.68. The summed E-state index contributed by atoms with van der Waals surface area (Å²) in [4.78, 5) is 34.4. The van der Waals surface area contributed by atoms with Crippen molar-refractivity contribution in [3.63, 3.8) is 0 Å². The number of anilines is 1. The molecule has 5 heterocycles. The van der Waals surface area contributed by atoms with E-state index in [1.165, 1.54) is 18.6 Å². The Bertz CT molecular complexity index is 2210. The Morgan fingerprint density at radius 2 is 1.87 bits per heavy atom. The molecule has 46 heavy (non-hydrogen) atoms. The second-order valence-electron chi connectivity index (χ2n) is 11.5. The van der Waals surface area contributed by atoms with Crippen molar-refractivity contribution in [2.24, 2.45) is 5.92 Å². The summed E-state index contributed by atoms with van der Waals surface area (Å²) < 4.78 is 40.2. The van der Waals surface area contributed by atoms with Crippen LogP contribution >= 0.6 is 0 Å². The molecule has 0 unspecified atom stereocenters. The molecule has 6 aromatic rings. The van der Waals surface area contributed by atoms with Crippen molar-refractivity contribution >= 4 is 43.8 Å². The molecular formula is C32H30FN9O3S. The van der Waals surface area contributed by atoms with Gasteiger partial charge in [-0.1, -0.05) is 19.3 Å². The van der Waals surface area contributed by atoms with Crippen LogP contribution in [0.1, 0.15) is 37.7 Å². The number of aromatic nitrogens is 7. The lowest BCUT2D eigenvalue weighted by molar-refractivity contribution is -0.120. The lowest BCUT2D eigenvalue weighted by Crippen LogP contribution is -2.24. The second kappa shape index (κ2) is 12.0. The van der Waals surface area contributed by atoms with Gasteiger partial charge in [0.15, 0.2) is 17.2 Å². The van der Waals surface area contributed by atoms with E-state index >= 15 is 0 Å². The van der Waals surface area contributed by atoms with Crippen molar-refractivity contribution in [3.8, 4) is 33.9 Å². The lowest BCUT2D eigenvalue weighted by Gasteiger charge is -2.20. The van der Waals surface area contributed by atoms with Gasteiger partial charge in [-0.2, -0.15) is 5.10 Å². The van der Waals surface area contributed by atoms with Crippen LogP contribution in [0, 0.1) is 11.7 Å². The Morgan fingerprint density at radius 3 is 2.70 bits per heavy atom. The fourth-order valence-electron chi connectivity index (χ4n) is 5.87. The van der Waals surface area contributed by atoms with Gasteiger partial charge in [0.1, 0.15) is 11.3 Å². The highest BCUT2D eigenvalue weighted by atomic mass is 32.2. The third-order valence-corrected chi connectivity index (χ3v) is 8.78. The van der Waals surface area contributed by atoms with Crippen LogP contribution in [0.25, 0.3) is 56.1 Å². The van der Waals surface area contributed by atoms with Crippen molar-refractivity contribution in [2.75, 3.05) is 11.6 Å². The molecule has 234 valence electrons. The number of sulfonamides is 1. The van der Waals surface area contributed by atoms with E-state index in [0.29, 0.717) is 61.8 Å². The zero-order valence-electron chi connectivity index (χ0n) is 24.8. The molecule has 0 atom stereocenters.